The molecule has 0 radical (unpaired) electrons. The molecular formula is C16H33N3O2. The summed E-state index contributed by atoms with van der Waals surface area (Å²) in [7, 11) is 0. The third-order valence-electron chi connectivity index (χ3n) is 4.90. The molecule has 1 atom stereocenters. The van der Waals surface area contributed by atoms with Crippen LogP contribution in [0.15, 0.2) is 0 Å². The molecule has 0 bridgehead atoms. The zero-order valence-electron chi connectivity index (χ0n) is 13.9. The van der Waals surface area contributed by atoms with Crippen molar-refractivity contribution in [2.24, 2.45) is 5.73 Å². The van der Waals surface area contributed by atoms with Crippen molar-refractivity contribution < 1.29 is 9.47 Å². The fourth-order valence-corrected chi connectivity index (χ4v) is 3.42. The number of hydrogen-bond donors (Lipinski definition) is 1. The molecule has 0 aromatic rings. The van der Waals surface area contributed by atoms with E-state index < -0.39 is 0 Å². The maximum atomic E-state index is 6.21. The number of ether oxygens (including phenoxy) is 2. The predicted octanol–water partition coefficient (Wildman–Crippen LogP) is 0.927. The Morgan fingerprint density at radius 1 is 1.14 bits per heavy atom. The Labute approximate surface area is 129 Å². The second-order valence-electron chi connectivity index (χ2n) is 6.26. The molecule has 1 saturated carbocycles. The highest BCUT2D eigenvalue weighted by atomic mass is 16.5. The quantitative estimate of drug-likeness (QED) is 0.575. The third-order valence-corrected chi connectivity index (χ3v) is 4.90. The van der Waals surface area contributed by atoms with Crippen LogP contribution in [0.5, 0.6) is 0 Å². The van der Waals surface area contributed by atoms with Crippen LogP contribution in [0.25, 0.3) is 0 Å². The number of hydrogen-bond acceptors (Lipinski definition) is 5. The molecule has 124 valence electrons. The van der Waals surface area contributed by atoms with Crippen LogP contribution in [0.3, 0.4) is 0 Å². The van der Waals surface area contributed by atoms with Crippen molar-refractivity contribution in [1.29, 1.82) is 0 Å². The van der Waals surface area contributed by atoms with E-state index in [1.807, 2.05) is 13.8 Å². The number of nitrogens with two attached hydrogens (primary N) is 1. The van der Waals surface area contributed by atoms with Gasteiger partial charge in [0.1, 0.15) is 0 Å². The largest absolute Gasteiger partial charge is 0.380 e. The summed E-state index contributed by atoms with van der Waals surface area (Å²) in [5, 5.41) is 0. The molecule has 0 aromatic carbocycles. The van der Waals surface area contributed by atoms with E-state index in [0.717, 1.165) is 58.6 Å². The van der Waals surface area contributed by atoms with Crippen molar-refractivity contribution in [1.82, 2.24) is 9.80 Å². The molecule has 1 saturated heterocycles. The van der Waals surface area contributed by atoms with Gasteiger partial charge in [-0.1, -0.05) is 0 Å². The summed E-state index contributed by atoms with van der Waals surface area (Å²) in [5.74, 6) is 0. The van der Waals surface area contributed by atoms with E-state index in [0.29, 0.717) is 0 Å². The summed E-state index contributed by atoms with van der Waals surface area (Å²) in [6.07, 6.45) is 3.93. The van der Waals surface area contributed by atoms with Gasteiger partial charge >= 0.3 is 0 Å². The lowest BCUT2D eigenvalue weighted by Gasteiger charge is -2.40. The Morgan fingerprint density at radius 3 is 2.24 bits per heavy atom. The first-order valence-electron chi connectivity index (χ1n) is 8.60. The monoisotopic (exact) mass is 299 g/mol. The van der Waals surface area contributed by atoms with Crippen LogP contribution in [0.2, 0.25) is 0 Å². The van der Waals surface area contributed by atoms with Crippen LogP contribution in [-0.2, 0) is 9.47 Å². The molecule has 0 spiro atoms. The van der Waals surface area contributed by atoms with Gasteiger partial charge in [-0.3, -0.25) is 9.80 Å². The normalized spacial score (nSPS) is 26.9. The minimum Gasteiger partial charge on any atom is -0.380 e. The SMILES string of the molecule is CCOCCN(CCOCC)C1(CN)CCN(C2CC2)C1. The Kier molecular flexibility index (Phi) is 6.89. The topological polar surface area (TPSA) is 51.0 Å². The molecule has 2 rings (SSSR count). The van der Waals surface area contributed by atoms with Crippen LogP contribution >= 0.6 is 0 Å². The van der Waals surface area contributed by atoms with E-state index in [2.05, 4.69) is 9.80 Å². The standard InChI is InChI=1S/C16H33N3O2/c1-3-20-11-9-19(10-12-21-4-2)16(13-17)7-8-18(14-16)15-5-6-15/h15H,3-14,17H2,1-2H3. The van der Waals surface area contributed by atoms with Crippen LogP contribution in [-0.4, -0.2) is 80.5 Å². The lowest BCUT2D eigenvalue weighted by atomic mass is 9.96. The summed E-state index contributed by atoms with van der Waals surface area (Å²) in [6, 6.07) is 0.832. The minimum atomic E-state index is 0.122. The Balaban J connectivity index is 1.93. The van der Waals surface area contributed by atoms with Crippen molar-refractivity contribution >= 4 is 0 Å². The molecule has 1 aliphatic carbocycles. The predicted molar refractivity (Wildman–Crippen MR) is 85.6 cm³/mol. The molecule has 21 heavy (non-hydrogen) atoms. The Morgan fingerprint density at radius 2 is 1.76 bits per heavy atom. The molecule has 0 amide bonds. The first kappa shape index (κ1) is 17.2. The van der Waals surface area contributed by atoms with Gasteiger partial charge in [-0.25, -0.2) is 0 Å². The van der Waals surface area contributed by atoms with Gasteiger partial charge in [0.2, 0.25) is 0 Å². The van der Waals surface area contributed by atoms with Crippen LogP contribution in [0.4, 0.5) is 0 Å². The van der Waals surface area contributed by atoms with E-state index >= 15 is 0 Å². The van der Waals surface area contributed by atoms with Crippen molar-refractivity contribution in [2.75, 3.05) is 59.2 Å². The summed E-state index contributed by atoms with van der Waals surface area (Å²) in [6.45, 7) is 12.2. The zero-order valence-corrected chi connectivity index (χ0v) is 13.9. The highest BCUT2D eigenvalue weighted by molar-refractivity contribution is 5.03. The number of likely N-dealkylation sites (tertiary alicyclic amines) is 1. The highest BCUT2D eigenvalue weighted by Gasteiger charge is 2.45. The maximum Gasteiger partial charge on any atom is 0.0593 e. The lowest BCUT2D eigenvalue weighted by Crippen LogP contribution is -2.57. The van der Waals surface area contributed by atoms with E-state index in [1.165, 1.54) is 25.8 Å². The first-order valence-corrected chi connectivity index (χ1v) is 8.60. The van der Waals surface area contributed by atoms with Crippen molar-refractivity contribution in [2.45, 2.75) is 44.7 Å². The average molecular weight is 299 g/mol. The Hall–Kier alpha value is -0.200. The molecule has 2 aliphatic rings. The molecule has 1 aliphatic heterocycles. The number of rotatable bonds is 11. The molecule has 0 aromatic heterocycles. The second-order valence-corrected chi connectivity index (χ2v) is 6.26. The molecule has 2 fully saturated rings. The second kappa shape index (κ2) is 8.44. The van der Waals surface area contributed by atoms with E-state index in [-0.39, 0.29) is 5.54 Å². The van der Waals surface area contributed by atoms with Gasteiger partial charge < -0.3 is 15.2 Å². The van der Waals surface area contributed by atoms with Gasteiger partial charge in [0.25, 0.3) is 0 Å². The van der Waals surface area contributed by atoms with E-state index in [9.17, 15) is 0 Å². The average Bonchev–Trinajstić information content (AvgIpc) is 3.26. The maximum absolute atomic E-state index is 6.21. The van der Waals surface area contributed by atoms with Gasteiger partial charge in [-0.05, 0) is 33.1 Å². The summed E-state index contributed by atoms with van der Waals surface area (Å²) in [4.78, 5) is 5.17. The Bertz CT molecular complexity index is 289. The fraction of sp³-hybridized carbons (Fsp3) is 1.00. The highest BCUT2D eigenvalue weighted by Crippen LogP contribution is 2.35. The van der Waals surface area contributed by atoms with Crippen molar-refractivity contribution in [3.63, 3.8) is 0 Å². The van der Waals surface area contributed by atoms with Gasteiger partial charge in [-0.15, -0.1) is 0 Å². The van der Waals surface area contributed by atoms with Crippen LogP contribution in [0.1, 0.15) is 33.1 Å². The lowest BCUT2D eigenvalue weighted by molar-refractivity contribution is 0.0256. The molecule has 5 heteroatoms. The van der Waals surface area contributed by atoms with Crippen LogP contribution < -0.4 is 5.73 Å². The summed E-state index contributed by atoms with van der Waals surface area (Å²) >= 11 is 0. The summed E-state index contributed by atoms with van der Waals surface area (Å²) < 4.78 is 11.1. The third kappa shape index (κ3) is 4.63. The first-order chi connectivity index (χ1) is 10.3. The molecule has 1 unspecified atom stereocenters. The van der Waals surface area contributed by atoms with Crippen molar-refractivity contribution in [3.8, 4) is 0 Å². The van der Waals surface area contributed by atoms with Gasteiger partial charge in [0.05, 0.1) is 13.2 Å². The fourth-order valence-electron chi connectivity index (χ4n) is 3.42. The van der Waals surface area contributed by atoms with Gasteiger partial charge in [-0.2, -0.15) is 0 Å². The minimum absolute atomic E-state index is 0.122. The van der Waals surface area contributed by atoms with Gasteiger partial charge in [0, 0.05) is 57.5 Å². The smallest absolute Gasteiger partial charge is 0.0593 e. The molecule has 5 nitrogen and oxygen atoms in total. The van der Waals surface area contributed by atoms with E-state index in [4.69, 9.17) is 15.2 Å². The molecular weight excluding hydrogens is 266 g/mol. The number of nitrogens with zero attached hydrogens (tertiary/aromatic N) is 2. The summed E-state index contributed by atoms with van der Waals surface area (Å²) in [5.41, 5.74) is 6.33. The van der Waals surface area contributed by atoms with E-state index in [1.54, 1.807) is 0 Å². The molecule has 1 heterocycles. The van der Waals surface area contributed by atoms with Gasteiger partial charge in [0.15, 0.2) is 0 Å². The zero-order chi connectivity index (χ0) is 15.1. The van der Waals surface area contributed by atoms with Crippen molar-refractivity contribution in [3.05, 3.63) is 0 Å². The molecule has 2 N–H and O–H groups in total. The van der Waals surface area contributed by atoms with Crippen LogP contribution in [0, 0.1) is 0 Å².